The summed E-state index contributed by atoms with van der Waals surface area (Å²) in [5.41, 5.74) is 1.52. The highest BCUT2D eigenvalue weighted by Crippen LogP contribution is 2.25. The van der Waals surface area contributed by atoms with Gasteiger partial charge in [0.2, 0.25) is 5.91 Å². The number of hydrogen-bond acceptors (Lipinski definition) is 5. The number of anilines is 1. The lowest BCUT2D eigenvalue weighted by molar-refractivity contribution is -0.115. The Morgan fingerprint density at radius 1 is 1.48 bits per heavy atom. The number of para-hydroxylation sites is 2. The maximum Gasteiger partial charge on any atom is 0.237 e. The van der Waals surface area contributed by atoms with Crippen LogP contribution >= 0.6 is 11.8 Å². The highest BCUT2D eigenvalue weighted by atomic mass is 32.2. The summed E-state index contributed by atoms with van der Waals surface area (Å²) in [6.45, 7) is 3.71. The number of thioether (sulfide) groups is 1. The van der Waals surface area contributed by atoms with Crippen LogP contribution in [0, 0.1) is 6.92 Å². The van der Waals surface area contributed by atoms with E-state index in [4.69, 9.17) is 9.26 Å². The van der Waals surface area contributed by atoms with E-state index in [2.05, 4.69) is 10.5 Å². The predicted molar refractivity (Wildman–Crippen MR) is 83.6 cm³/mol. The molecule has 2 rings (SSSR count). The first-order valence-corrected chi connectivity index (χ1v) is 7.62. The van der Waals surface area contributed by atoms with Gasteiger partial charge in [-0.15, -0.1) is 11.8 Å². The zero-order valence-corrected chi connectivity index (χ0v) is 13.1. The van der Waals surface area contributed by atoms with Crippen molar-refractivity contribution in [1.29, 1.82) is 0 Å². The first-order valence-electron chi connectivity index (χ1n) is 6.58. The molecule has 5 nitrogen and oxygen atoms in total. The number of benzene rings is 1. The van der Waals surface area contributed by atoms with Gasteiger partial charge in [0.1, 0.15) is 11.5 Å². The van der Waals surface area contributed by atoms with E-state index in [1.807, 2.05) is 44.2 Å². The van der Waals surface area contributed by atoms with Crippen molar-refractivity contribution in [3.05, 3.63) is 41.8 Å². The van der Waals surface area contributed by atoms with E-state index >= 15 is 0 Å². The Kier molecular flexibility index (Phi) is 5.27. The van der Waals surface area contributed by atoms with Crippen LogP contribution in [0.3, 0.4) is 0 Å². The molecule has 0 aliphatic rings. The van der Waals surface area contributed by atoms with Crippen LogP contribution < -0.4 is 10.1 Å². The van der Waals surface area contributed by atoms with Crippen LogP contribution in [0.4, 0.5) is 5.69 Å². The zero-order chi connectivity index (χ0) is 15.2. The van der Waals surface area contributed by atoms with Gasteiger partial charge < -0.3 is 14.6 Å². The average molecular weight is 306 g/mol. The first-order chi connectivity index (χ1) is 10.1. The van der Waals surface area contributed by atoms with E-state index in [0.717, 1.165) is 11.5 Å². The standard InChI is InChI=1S/C15H18N2O3S/c1-10-8-12(17-20-10)9-21-11(2)15(18)16-13-6-4-5-7-14(13)19-3/h4-8,11H,9H2,1-3H3,(H,16,18). The number of amides is 1. The van der Waals surface area contributed by atoms with Gasteiger partial charge in [0.15, 0.2) is 0 Å². The summed E-state index contributed by atoms with van der Waals surface area (Å²) in [5, 5.41) is 6.58. The molecule has 1 N–H and O–H groups in total. The number of aromatic nitrogens is 1. The molecular weight excluding hydrogens is 288 g/mol. The maximum absolute atomic E-state index is 12.2. The molecule has 21 heavy (non-hydrogen) atoms. The van der Waals surface area contributed by atoms with Gasteiger partial charge in [-0.25, -0.2) is 0 Å². The first kappa shape index (κ1) is 15.4. The maximum atomic E-state index is 12.2. The Morgan fingerprint density at radius 2 is 2.24 bits per heavy atom. The Bertz CT molecular complexity index is 612. The number of rotatable bonds is 6. The van der Waals surface area contributed by atoms with Crippen LogP contribution in [-0.4, -0.2) is 23.4 Å². The van der Waals surface area contributed by atoms with Crippen molar-refractivity contribution < 1.29 is 14.1 Å². The van der Waals surface area contributed by atoms with Gasteiger partial charge >= 0.3 is 0 Å². The molecule has 0 aliphatic carbocycles. The number of carbonyl (C=O) groups is 1. The fourth-order valence-electron chi connectivity index (χ4n) is 1.75. The van der Waals surface area contributed by atoms with Gasteiger partial charge in [-0.2, -0.15) is 0 Å². The molecule has 0 radical (unpaired) electrons. The third kappa shape index (κ3) is 4.26. The van der Waals surface area contributed by atoms with E-state index in [1.165, 1.54) is 11.8 Å². The summed E-state index contributed by atoms with van der Waals surface area (Å²) >= 11 is 1.51. The van der Waals surface area contributed by atoms with Crippen molar-refractivity contribution in [2.45, 2.75) is 24.9 Å². The van der Waals surface area contributed by atoms with Crippen molar-refractivity contribution in [1.82, 2.24) is 5.16 Å². The number of carbonyl (C=O) groups excluding carboxylic acids is 1. The molecule has 0 saturated heterocycles. The SMILES string of the molecule is COc1ccccc1NC(=O)C(C)SCc1cc(C)on1. The van der Waals surface area contributed by atoms with Crippen molar-refractivity contribution in [3.8, 4) is 5.75 Å². The predicted octanol–water partition coefficient (Wildman–Crippen LogP) is 3.25. The number of nitrogens with one attached hydrogen (secondary N) is 1. The second-order valence-electron chi connectivity index (χ2n) is 4.57. The van der Waals surface area contributed by atoms with Crippen molar-refractivity contribution in [2.75, 3.05) is 12.4 Å². The van der Waals surface area contributed by atoms with Gasteiger partial charge in [-0.3, -0.25) is 4.79 Å². The molecular formula is C15H18N2O3S. The van der Waals surface area contributed by atoms with Gasteiger partial charge in [-0.05, 0) is 26.0 Å². The van der Waals surface area contributed by atoms with Crippen molar-refractivity contribution in [3.63, 3.8) is 0 Å². The highest BCUT2D eigenvalue weighted by Gasteiger charge is 2.16. The molecule has 1 amide bonds. The van der Waals surface area contributed by atoms with E-state index in [0.29, 0.717) is 17.2 Å². The summed E-state index contributed by atoms with van der Waals surface area (Å²) < 4.78 is 10.2. The van der Waals surface area contributed by atoms with Gasteiger partial charge in [-0.1, -0.05) is 17.3 Å². The smallest absolute Gasteiger partial charge is 0.237 e. The lowest BCUT2D eigenvalue weighted by atomic mass is 10.3. The van der Waals surface area contributed by atoms with Crippen LogP contribution in [0.15, 0.2) is 34.9 Å². The van der Waals surface area contributed by atoms with E-state index in [-0.39, 0.29) is 11.2 Å². The fraction of sp³-hybridized carbons (Fsp3) is 0.333. The average Bonchev–Trinajstić information content (AvgIpc) is 2.91. The minimum atomic E-state index is -0.202. The molecule has 0 saturated carbocycles. The molecule has 0 spiro atoms. The van der Waals surface area contributed by atoms with Crippen LogP contribution in [0.5, 0.6) is 5.75 Å². The zero-order valence-electron chi connectivity index (χ0n) is 12.3. The topological polar surface area (TPSA) is 64.4 Å². The molecule has 6 heteroatoms. The minimum absolute atomic E-state index is 0.0651. The molecule has 0 fully saturated rings. The highest BCUT2D eigenvalue weighted by molar-refractivity contribution is 7.99. The van der Waals surface area contributed by atoms with Gasteiger partial charge in [0.25, 0.3) is 0 Å². The summed E-state index contributed by atoms with van der Waals surface area (Å²) in [4.78, 5) is 12.2. The van der Waals surface area contributed by atoms with Crippen LogP contribution in [0.2, 0.25) is 0 Å². The van der Waals surface area contributed by atoms with E-state index in [9.17, 15) is 4.79 Å². The second-order valence-corrected chi connectivity index (χ2v) is 5.90. The summed E-state index contributed by atoms with van der Waals surface area (Å²) in [6.07, 6.45) is 0. The molecule has 0 aliphatic heterocycles. The summed E-state index contributed by atoms with van der Waals surface area (Å²) in [7, 11) is 1.58. The molecule has 112 valence electrons. The molecule has 1 unspecified atom stereocenters. The number of hydrogen-bond donors (Lipinski definition) is 1. The normalized spacial score (nSPS) is 12.0. The van der Waals surface area contributed by atoms with Crippen molar-refractivity contribution in [2.24, 2.45) is 0 Å². The Hall–Kier alpha value is -1.95. The number of aryl methyl sites for hydroxylation is 1. The minimum Gasteiger partial charge on any atom is -0.495 e. The van der Waals surface area contributed by atoms with Crippen LogP contribution in [0.25, 0.3) is 0 Å². The molecule has 1 aromatic carbocycles. The molecule has 0 bridgehead atoms. The van der Waals surface area contributed by atoms with E-state index < -0.39 is 0 Å². The third-order valence-corrected chi connectivity index (χ3v) is 4.07. The van der Waals surface area contributed by atoms with Gasteiger partial charge in [0.05, 0.1) is 23.7 Å². The lowest BCUT2D eigenvalue weighted by Gasteiger charge is -2.13. The van der Waals surface area contributed by atoms with E-state index in [1.54, 1.807) is 7.11 Å². The third-order valence-electron chi connectivity index (χ3n) is 2.89. The monoisotopic (exact) mass is 306 g/mol. The quantitative estimate of drug-likeness (QED) is 0.887. The molecule has 1 heterocycles. The Labute approximate surface area is 128 Å². The Morgan fingerprint density at radius 3 is 2.90 bits per heavy atom. The van der Waals surface area contributed by atoms with Crippen LogP contribution in [-0.2, 0) is 10.5 Å². The number of ether oxygens (including phenoxy) is 1. The van der Waals surface area contributed by atoms with Crippen molar-refractivity contribution >= 4 is 23.4 Å². The second kappa shape index (κ2) is 7.17. The molecule has 1 atom stereocenters. The Balaban J connectivity index is 1.90. The van der Waals surface area contributed by atoms with Gasteiger partial charge in [0, 0.05) is 11.8 Å². The molecule has 2 aromatic rings. The van der Waals surface area contributed by atoms with Crippen LogP contribution in [0.1, 0.15) is 18.4 Å². The number of nitrogens with zero attached hydrogens (tertiary/aromatic N) is 1. The number of methoxy groups -OCH3 is 1. The lowest BCUT2D eigenvalue weighted by Crippen LogP contribution is -2.22. The molecule has 1 aromatic heterocycles. The largest absolute Gasteiger partial charge is 0.495 e. The summed E-state index contributed by atoms with van der Waals surface area (Å²) in [5.74, 6) is 1.99. The summed E-state index contributed by atoms with van der Waals surface area (Å²) in [6, 6.07) is 9.21. The fourth-order valence-corrected chi connectivity index (χ4v) is 2.52.